The maximum Gasteiger partial charge on any atom is 0.118 e. The molecular formula is C22H17ClN2O. The molecule has 0 fully saturated rings. The molecule has 0 spiro atoms. The van der Waals surface area contributed by atoms with Crippen LogP contribution in [0.3, 0.4) is 0 Å². The van der Waals surface area contributed by atoms with E-state index in [-0.39, 0.29) is 0 Å². The van der Waals surface area contributed by atoms with E-state index in [9.17, 15) is 0 Å². The molecule has 0 aliphatic heterocycles. The van der Waals surface area contributed by atoms with Gasteiger partial charge in [0.2, 0.25) is 0 Å². The molecule has 1 aromatic heterocycles. The smallest absolute Gasteiger partial charge is 0.118 e. The van der Waals surface area contributed by atoms with E-state index in [0.29, 0.717) is 5.02 Å². The van der Waals surface area contributed by atoms with Gasteiger partial charge in [-0.05, 0) is 54.6 Å². The van der Waals surface area contributed by atoms with Crippen LogP contribution in [0.1, 0.15) is 0 Å². The molecule has 4 aromatic rings. The second kappa shape index (κ2) is 7.06. The number of ether oxygens (including phenoxy) is 1. The summed E-state index contributed by atoms with van der Waals surface area (Å²) in [5.41, 5.74) is 5.04. The summed E-state index contributed by atoms with van der Waals surface area (Å²) in [7, 11) is 1.66. The SMILES string of the molecule is COc1ccc(-c2cc(-c3ccccc3)n(-c3ccc(Cl)cc3)n2)cc1. The lowest BCUT2D eigenvalue weighted by atomic mass is 10.1. The van der Waals surface area contributed by atoms with Gasteiger partial charge >= 0.3 is 0 Å². The van der Waals surface area contributed by atoms with Crippen molar-refractivity contribution in [3.8, 4) is 34.0 Å². The standard InChI is InChI=1S/C22H17ClN2O/c1-26-20-13-7-16(8-14-20)21-15-22(17-5-3-2-4-6-17)25(24-21)19-11-9-18(23)10-12-19/h2-15H,1H3. The van der Waals surface area contributed by atoms with Gasteiger partial charge in [0.25, 0.3) is 0 Å². The zero-order valence-electron chi connectivity index (χ0n) is 14.3. The van der Waals surface area contributed by atoms with Crippen LogP contribution in [0.5, 0.6) is 5.75 Å². The Labute approximate surface area is 157 Å². The number of aromatic nitrogens is 2. The van der Waals surface area contributed by atoms with E-state index >= 15 is 0 Å². The molecule has 0 unspecified atom stereocenters. The van der Waals surface area contributed by atoms with Crippen molar-refractivity contribution in [2.45, 2.75) is 0 Å². The molecule has 0 atom stereocenters. The number of rotatable bonds is 4. The number of nitrogens with zero attached hydrogens (tertiary/aromatic N) is 2. The first kappa shape index (κ1) is 16.4. The quantitative estimate of drug-likeness (QED) is 0.455. The third-order valence-corrected chi connectivity index (χ3v) is 4.49. The van der Waals surface area contributed by atoms with Gasteiger partial charge in [-0.15, -0.1) is 0 Å². The average Bonchev–Trinajstić information content (AvgIpc) is 3.15. The van der Waals surface area contributed by atoms with Crippen molar-refractivity contribution in [2.75, 3.05) is 7.11 Å². The molecule has 4 heteroatoms. The van der Waals surface area contributed by atoms with Gasteiger partial charge < -0.3 is 4.74 Å². The van der Waals surface area contributed by atoms with Gasteiger partial charge in [-0.2, -0.15) is 5.10 Å². The summed E-state index contributed by atoms with van der Waals surface area (Å²) in [6.07, 6.45) is 0. The first-order valence-electron chi connectivity index (χ1n) is 8.30. The number of halogens is 1. The van der Waals surface area contributed by atoms with Crippen molar-refractivity contribution in [3.63, 3.8) is 0 Å². The Bertz CT molecular complexity index is 1010. The summed E-state index contributed by atoms with van der Waals surface area (Å²) in [5.74, 6) is 0.828. The monoisotopic (exact) mass is 360 g/mol. The Morgan fingerprint density at radius 3 is 2.15 bits per heavy atom. The highest BCUT2D eigenvalue weighted by atomic mass is 35.5. The Morgan fingerprint density at radius 2 is 1.50 bits per heavy atom. The number of hydrogen-bond donors (Lipinski definition) is 0. The van der Waals surface area contributed by atoms with Crippen molar-refractivity contribution in [2.24, 2.45) is 0 Å². The maximum atomic E-state index is 6.04. The van der Waals surface area contributed by atoms with E-state index in [2.05, 4.69) is 18.2 Å². The Morgan fingerprint density at radius 1 is 0.808 bits per heavy atom. The molecule has 0 aliphatic carbocycles. The molecule has 3 aromatic carbocycles. The molecule has 128 valence electrons. The van der Waals surface area contributed by atoms with Gasteiger partial charge in [-0.3, -0.25) is 0 Å². The minimum Gasteiger partial charge on any atom is -0.497 e. The van der Waals surface area contributed by atoms with E-state index in [1.54, 1.807) is 7.11 Å². The second-order valence-corrected chi connectivity index (χ2v) is 6.33. The fourth-order valence-electron chi connectivity index (χ4n) is 2.88. The largest absolute Gasteiger partial charge is 0.497 e. The second-order valence-electron chi connectivity index (χ2n) is 5.90. The van der Waals surface area contributed by atoms with E-state index < -0.39 is 0 Å². The predicted octanol–water partition coefficient (Wildman–Crippen LogP) is 5.87. The summed E-state index contributed by atoms with van der Waals surface area (Å²) in [5, 5.41) is 5.55. The summed E-state index contributed by atoms with van der Waals surface area (Å²) >= 11 is 6.04. The van der Waals surface area contributed by atoms with Gasteiger partial charge in [-0.25, -0.2) is 4.68 Å². The van der Waals surface area contributed by atoms with E-state index in [1.807, 2.05) is 71.4 Å². The first-order valence-corrected chi connectivity index (χ1v) is 8.68. The van der Waals surface area contributed by atoms with Crippen LogP contribution in [0.25, 0.3) is 28.2 Å². The van der Waals surface area contributed by atoms with Crippen molar-refractivity contribution in [1.82, 2.24) is 9.78 Å². The Hall–Kier alpha value is -3.04. The van der Waals surface area contributed by atoms with Crippen molar-refractivity contribution >= 4 is 11.6 Å². The Balaban J connectivity index is 1.85. The molecule has 0 saturated heterocycles. The van der Waals surface area contributed by atoms with E-state index in [1.165, 1.54) is 0 Å². The number of methoxy groups -OCH3 is 1. The molecule has 1 heterocycles. The van der Waals surface area contributed by atoms with Gasteiger partial charge in [0.15, 0.2) is 0 Å². The lowest BCUT2D eigenvalue weighted by Crippen LogP contribution is -1.99. The fraction of sp³-hybridized carbons (Fsp3) is 0.0455. The minimum atomic E-state index is 0.706. The van der Waals surface area contributed by atoms with Crippen LogP contribution >= 0.6 is 11.6 Å². The van der Waals surface area contributed by atoms with Crippen LogP contribution in [-0.4, -0.2) is 16.9 Å². The average molecular weight is 361 g/mol. The molecule has 0 aliphatic rings. The maximum absolute atomic E-state index is 6.04. The highest BCUT2D eigenvalue weighted by Gasteiger charge is 2.13. The molecule has 0 amide bonds. The van der Waals surface area contributed by atoms with Gasteiger partial charge in [0.05, 0.1) is 24.2 Å². The molecule has 4 rings (SSSR count). The van der Waals surface area contributed by atoms with Gasteiger partial charge in [0, 0.05) is 16.1 Å². The molecule has 0 saturated carbocycles. The third-order valence-electron chi connectivity index (χ3n) is 4.24. The van der Waals surface area contributed by atoms with Crippen LogP contribution in [0, 0.1) is 0 Å². The van der Waals surface area contributed by atoms with Crippen molar-refractivity contribution < 1.29 is 4.74 Å². The highest BCUT2D eigenvalue weighted by molar-refractivity contribution is 6.30. The van der Waals surface area contributed by atoms with E-state index in [0.717, 1.165) is 34.0 Å². The van der Waals surface area contributed by atoms with Crippen LogP contribution in [-0.2, 0) is 0 Å². The normalized spacial score (nSPS) is 10.7. The van der Waals surface area contributed by atoms with Crippen molar-refractivity contribution in [1.29, 1.82) is 0 Å². The first-order chi connectivity index (χ1) is 12.7. The zero-order chi connectivity index (χ0) is 17.9. The Kier molecular flexibility index (Phi) is 4.46. The summed E-state index contributed by atoms with van der Waals surface area (Å²) in [6.45, 7) is 0. The minimum absolute atomic E-state index is 0.706. The third kappa shape index (κ3) is 3.22. The molecule has 0 radical (unpaired) electrons. The molecule has 0 N–H and O–H groups in total. The lowest BCUT2D eigenvalue weighted by molar-refractivity contribution is 0.415. The van der Waals surface area contributed by atoms with Gasteiger partial charge in [0.1, 0.15) is 5.75 Å². The molecule has 26 heavy (non-hydrogen) atoms. The number of benzene rings is 3. The molecular weight excluding hydrogens is 344 g/mol. The predicted molar refractivity (Wildman–Crippen MR) is 106 cm³/mol. The molecule has 0 bridgehead atoms. The summed E-state index contributed by atoms with van der Waals surface area (Å²) in [4.78, 5) is 0. The van der Waals surface area contributed by atoms with Crippen LogP contribution in [0.2, 0.25) is 5.02 Å². The van der Waals surface area contributed by atoms with Crippen LogP contribution < -0.4 is 4.74 Å². The van der Waals surface area contributed by atoms with Gasteiger partial charge in [-0.1, -0.05) is 41.9 Å². The number of hydrogen-bond acceptors (Lipinski definition) is 2. The van der Waals surface area contributed by atoms with Crippen LogP contribution in [0.15, 0.2) is 84.9 Å². The topological polar surface area (TPSA) is 27.1 Å². The zero-order valence-corrected chi connectivity index (χ0v) is 15.0. The molecule has 3 nitrogen and oxygen atoms in total. The van der Waals surface area contributed by atoms with Crippen molar-refractivity contribution in [3.05, 3.63) is 90.0 Å². The van der Waals surface area contributed by atoms with Crippen LogP contribution in [0.4, 0.5) is 0 Å². The summed E-state index contributed by atoms with van der Waals surface area (Å²) < 4.78 is 7.20. The highest BCUT2D eigenvalue weighted by Crippen LogP contribution is 2.29. The fourth-order valence-corrected chi connectivity index (χ4v) is 3.00. The lowest BCUT2D eigenvalue weighted by Gasteiger charge is -2.07. The van der Waals surface area contributed by atoms with E-state index in [4.69, 9.17) is 21.4 Å². The summed E-state index contributed by atoms with van der Waals surface area (Å²) in [6, 6.07) is 28.0.